The Balaban J connectivity index is 1.60. The van der Waals surface area contributed by atoms with Gasteiger partial charge in [-0.3, -0.25) is 14.9 Å². The van der Waals surface area contributed by atoms with E-state index in [0.717, 1.165) is 9.79 Å². The van der Waals surface area contributed by atoms with E-state index in [0.29, 0.717) is 16.5 Å². The van der Waals surface area contributed by atoms with Crippen molar-refractivity contribution in [1.82, 2.24) is 0 Å². The Labute approximate surface area is 170 Å². The van der Waals surface area contributed by atoms with Crippen molar-refractivity contribution in [3.05, 3.63) is 87.9 Å². The summed E-state index contributed by atoms with van der Waals surface area (Å²) in [6.07, 6.45) is 0. The van der Waals surface area contributed by atoms with E-state index in [4.69, 9.17) is 16.3 Å². The molecule has 142 valence electrons. The van der Waals surface area contributed by atoms with E-state index < -0.39 is 4.92 Å². The molecule has 0 unspecified atom stereocenters. The number of ether oxygens (including phenoxy) is 1. The highest BCUT2D eigenvalue weighted by Crippen LogP contribution is 2.33. The van der Waals surface area contributed by atoms with Crippen LogP contribution in [-0.4, -0.2) is 17.4 Å². The van der Waals surface area contributed by atoms with Gasteiger partial charge in [-0.15, -0.1) is 0 Å². The summed E-state index contributed by atoms with van der Waals surface area (Å²) < 4.78 is 5.39. The number of carbonyl (C=O) groups is 1. The Morgan fingerprint density at radius 2 is 1.71 bits per heavy atom. The number of benzene rings is 3. The van der Waals surface area contributed by atoms with Crippen molar-refractivity contribution in [3.63, 3.8) is 0 Å². The summed E-state index contributed by atoms with van der Waals surface area (Å²) in [6, 6.07) is 20.4. The van der Waals surface area contributed by atoms with Crippen LogP contribution in [0.1, 0.15) is 0 Å². The van der Waals surface area contributed by atoms with Gasteiger partial charge < -0.3 is 10.1 Å². The average Bonchev–Trinajstić information content (AvgIpc) is 2.70. The topological polar surface area (TPSA) is 81.5 Å². The smallest absolute Gasteiger partial charge is 0.269 e. The number of hydrogen-bond acceptors (Lipinski definition) is 5. The fraction of sp³-hybridized carbons (Fsp3) is 0.0500. The van der Waals surface area contributed by atoms with Crippen LogP contribution in [0.5, 0.6) is 5.75 Å². The molecule has 0 saturated heterocycles. The van der Waals surface area contributed by atoms with Gasteiger partial charge in [0.2, 0.25) is 0 Å². The highest BCUT2D eigenvalue weighted by atomic mass is 35.5. The SMILES string of the molecule is O=C(COc1ccc([N+](=O)[O-])cc1)Nc1ccccc1Sc1ccc(Cl)cc1. The van der Waals surface area contributed by atoms with Gasteiger partial charge in [0.1, 0.15) is 5.75 Å². The first kappa shape index (κ1) is 19.7. The van der Waals surface area contributed by atoms with Gasteiger partial charge in [0.05, 0.1) is 10.6 Å². The van der Waals surface area contributed by atoms with Crippen molar-refractivity contribution in [2.45, 2.75) is 9.79 Å². The molecule has 3 aromatic rings. The number of rotatable bonds is 7. The van der Waals surface area contributed by atoms with Gasteiger partial charge >= 0.3 is 0 Å². The molecule has 0 atom stereocenters. The molecule has 8 heteroatoms. The summed E-state index contributed by atoms with van der Waals surface area (Å²) in [5.74, 6) is 0.0482. The van der Waals surface area contributed by atoms with Crippen LogP contribution in [0, 0.1) is 10.1 Å². The number of hydrogen-bond donors (Lipinski definition) is 1. The summed E-state index contributed by atoms with van der Waals surface area (Å²) in [5, 5.41) is 14.1. The molecular formula is C20H15ClN2O4S. The second kappa shape index (κ2) is 9.25. The fourth-order valence-electron chi connectivity index (χ4n) is 2.29. The van der Waals surface area contributed by atoms with Gasteiger partial charge in [0, 0.05) is 26.9 Å². The fourth-order valence-corrected chi connectivity index (χ4v) is 3.32. The van der Waals surface area contributed by atoms with Crippen molar-refractivity contribution in [2.24, 2.45) is 0 Å². The van der Waals surface area contributed by atoms with Crippen LogP contribution in [-0.2, 0) is 4.79 Å². The number of nitro groups is 1. The van der Waals surface area contributed by atoms with Crippen molar-refractivity contribution in [3.8, 4) is 5.75 Å². The molecular weight excluding hydrogens is 400 g/mol. The highest BCUT2D eigenvalue weighted by molar-refractivity contribution is 7.99. The first-order valence-electron chi connectivity index (χ1n) is 8.21. The van der Waals surface area contributed by atoms with Gasteiger partial charge in [-0.2, -0.15) is 0 Å². The van der Waals surface area contributed by atoms with Crippen LogP contribution in [0.15, 0.2) is 82.6 Å². The largest absolute Gasteiger partial charge is 0.484 e. The molecule has 0 saturated carbocycles. The van der Waals surface area contributed by atoms with Crippen LogP contribution in [0.4, 0.5) is 11.4 Å². The lowest BCUT2D eigenvalue weighted by Gasteiger charge is -2.11. The van der Waals surface area contributed by atoms with Crippen molar-refractivity contribution in [2.75, 3.05) is 11.9 Å². The predicted molar refractivity (Wildman–Crippen MR) is 109 cm³/mol. The minimum atomic E-state index is -0.494. The van der Waals surface area contributed by atoms with Crippen LogP contribution in [0.25, 0.3) is 0 Å². The normalized spacial score (nSPS) is 10.3. The molecule has 0 spiro atoms. The quantitative estimate of drug-likeness (QED) is 0.412. The van der Waals surface area contributed by atoms with Crippen LogP contribution < -0.4 is 10.1 Å². The van der Waals surface area contributed by atoms with Crippen molar-refractivity contribution >= 4 is 40.6 Å². The third-order valence-corrected chi connectivity index (χ3v) is 4.96. The van der Waals surface area contributed by atoms with Gasteiger partial charge in [-0.1, -0.05) is 35.5 Å². The Kier molecular flexibility index (Phi) is 6.52. The number of para-hydroxylation sites is 1. The number of anilines is 1. The summed E-state index contributed by atoms with van der Waals surface area (Å²) in [4.78, 5) is 24.3. The molecule has 0 fully saturated rings. The summed E-state index contributed by atoms with van der Waals surface area (Å²) in [5.41, 5.74) is 0.629. The Bertz CT molecular complexity index is 978. The molecule has 0 aliphatic rings. The van der Waals surface area contributed by atoms with E-state index in [-0.39, 0.29) is 18.2 Å². The molecule has 3 aromatic carbocycles. The van der Waals surface area contributed by atoms with E-state index in [9.17, 15) is 14.9 Å². The van der Waals surface area contributed by atoms with Crippen molar-refractivity contribution < 1.29 is 14.5 Å². The first-order chi connectivity index (χ1) is 13.5. The van der Waals surface area contributed by atoms with Gasteiger partial charge in [0.15, 0.2) is 6.61 Å². The minimum Gasteiger partial charge on any atom is -0.484 e. The monoisotopic (exact) mass is 414 g/mol. The van der Waals surface area contributed by atoms with Gasteiger partial charge in [-0.05, 0) is 48.5 Å². The molecule has 0 aromatic heterocycles. The maximum atomic E-state index is 12.2. The molecule has 0 bridgehead atoms. The summed E-state index contributed by atoms with van der Waals surface area (Å²) in [7, 11) is 0. The Morgan fingerprint density at radius 3 is 2.39 bits per heavy atom. The van der Waals surface area contributed by atoms with Crippen LogP contribution in [0.2, 0.25) is 5.02 Å². The lowest BCUT2D eigenvalue weighted by molar-refractivity contribution is -0.384. The van der Waals surface area contributed by atoms with Crippen molar-refractivity contribution in [1.29, 1.82) is 0 Å². The van der Waals surface area contributed by atoms with Crippen LogP contribution >= 0.6 is 23.4 Å². The molecule has 28 heavy (non-hydrogen) atoms. The van der Waals surface area contributed by atoms with E-state index in [1.807, 2.05) is 48.5 Å². The maximum Gasteiger partial charge on any atom is 0.269 e. The third-order valence-electron chi connectivity index (χ3n) is 3.62. The van der Waals surface area contributed by atoms with E-state index in [2.05, 4.69) is 5.32 Å². The first-order valence-corrected chi connectivity index (χ1v) is 9.40. The molecule has 1 amide bonds. The number of amides is 1. The predicted octanol–water partition coefficient (Wildman–Crippen LogP) is 5.42. The molecule has 0 aliphatic carbocycles. The number of nitrogens with zero attached hydrogens (tertiary/aromatic N) is 1. The zero-order valence-corrected chi connectivity index (χ0v) is 16.1. The number of nitrogens with one attached hydrogen (secondary N) is 1. The lowest BCUT2D eigenvalue weighted by atomic mass is 10.3. The zero-order valence-electron chi connectivity index (χ0n) is 14.5. The molecule has 1 N–H and O–H groups in total. The maximum absolute atomic E-state index is 12.2. The van der Waals surface area contributed by atoms with E-state index >= 15 is 0 Å². The molecule has 3 rings (SSSR count). The summed E-state index contributed by atoms with van der Waals surface area (Å²) >= 11 is 7.42. The minimum absolute atomic E-state index is 0.0371. The second-order valence-corrected chi connectivity index (χ2v) is 7.19. The molecule has 0 aliphatic heterocycles. The van der Waals surface area contributed by atoms with Crippen LogP contribution in [0.3, 0.4) is 0 Å². The lowest BCUT2D eigenvalue weighted by Crippen LogP contribution is -2.20. The second-order valence-electron chi connectivity index (χ2n) is 5.64. The third kappa shape index (κ3) is 5.48. The average molecular weight is 415 g/mol. The number of halogens is 1. The molecule has 0 heterocycles. The standard InChI is InChI=1S/C20H15ClN2O4S/c21-14-5-11-17(12-6-14)28-19-4-2-1-3-18(19)22-20(24)13-27-16-9-7-15(8-10-16)23(25)26/h1-12H,13H2,(H,22,24). The van der Waals surface area contributed by atoms with Gasteiger partial charge in [-0.25, -0.2) is 0 Å². The number of nitro benzene ring substituents is 1. The number of carbonyl (C=O) groups excluding carboxylic acids is 1. The zero-order chi connectivity index (χ0) is 19.9. The summed E-state index contributed by atoms with van der Waals surface area (Å²) in [6.45, 7) is -0.211. The highest BCUT2D eigenvalue weighted by Gasteiger charge is 2.10. The molecule has 6 nitrogen and oxygen atoms in total. The van der Waals surface area contributed by atoms with E-state index in [1.54, 1.807) is 0 Å². The molecule has 0 radical (unpaired) electrons. The van der Waals surface area contributed by atoms with Gasteiger partial charge in [0.25, 0.3) is 11.6 Å². The van der Waals surface area contributed by atoms with E-state index in [1.165, 1.54) is 36.0 Å². The number of non-ortho nitro benzene ring substituents is 1. The Hall–Kier alpha value is -3.03. The Morgan fingerprint density at radius 1 is 1.04 bits per heavy atom.